The fraction of sp³-hybridized carbons (Fsp3) is 0.579. The molecule has 0 saturated carbocycles. The number of hydrogen-bond donors (Lipinski definition) is 1. The van der Waals surface area contributed by atoms with E-state index in [2.05, 4.69) is 26.1 Å². The quantitative estimate of drug-likeness (QED) is 0.788. The van der Waals surface area contributed by atoms with Gasteiger partial charge in [-0.05, 0) is 36.0 Å². The minimum atomic E-state index is -0.0751. The zero-order valence-electron chi connectivity index (χ0n) is 15.1. The van der Waals surface area contributed by atoms with Gasteiger partial charge in [0.1, 0.15) is 0 Å². The molecule has 1 atom stereocenters. The van der Waals surface area contributed by atoms with Crippen molar-refractivity contribution in [3.05, 3.63) is 33.8 Å². The van der Waals surface area contributed by atoms with Crippen molar-refractivity contribution < 1.29 is 9.59 Å². The molecular formula is C19H26Cl2N2O2. The van der Waals surface area contributed by atoms with E-state index in [9.17, 15) is 9.59 Å². The van der Waals surface area contributed by atoms with Gasteiger partial charge < -0.3 is 10.2 Å². The highest BCUT2D eigenvalue weighted by molar-refractivity contribution is 6.35. The topological polar surface area (TPSA) is 49.4 Å². The SMILES string of the molecule is CC(C)(C)CCNC(=O)CC1CCC(=O)N1Cc1ccc(Cl)cc1Cl. The van der Waals surface area contributed by atoms with Gasteiger partial charge in [0.15, 0.2) is 0 Å². The highest BCUT2D eigenvalue weighted by Gasteiger charge is 2.32. The van der Waals surface area contributed by atoms with Crippen LogP contribution in [0.5, 0.6) is 0 Å². The number of nitrogens with one attached hydrogen (secondary N) is 1. The van der Waals surface area contributed by atoms with Gasteiger partial charge in [-0.3, -0.25) is 9.59 Å². The number of likely N-dealkylation sites (tertiary alicyclic amines) is 1. The molecule has 25 heavy (non-hydrogen) atoms. The van der Waals surface area contributed by atoms with Crippen molar-refractivity contribution in [3.8, 4) is 0 Å². The molecule has 2 rings (SSSR count). The Hall–Kier alpha value is -1.26. The summed E-state index contributed by atoms with van der Waals surface area (Å²) in [5, 5.41) is 4.07. The maximum Gasteiger partial charge on any atom is 0.223 e. The highest BCUT2D eigenvalue weighted by atomic mass is 35.5. The molecule has 1 aromatic rings. The van der Waals surface area contributed by atoms with Crippen LogP contribution in [0.1, 0.15) is 52.0 Å². The first-order chi connectivity index (χ1) is 11.7. The van der Waals surface area contributed by atoms with Crippen LogP contribution in [-0.2, 0) is 16.1 Å². The molecule has 1 N–H and O–H groups in total. The number of rotatable bonds is 6. The maximum absolute atomic E-state index is 12.2. The van der Waals surface area contributed by atoms with Gasteiger partial charge in [0.25, 0.3) is 0 Å². The van der Waals surface area contributed by atoms with Crippen molar-refractivity contribution in [2.45, 2.75) is 59.0 Å². The van der Waals surface area contributed by atoms with E-state index in [1.54, 1.807) is 17.0 Å². The van der Waals surface area contributed by atoms with Crippen molar-refractivity contribution in [1.82, 2.24) is 10.2 Å². The number of hydrogen-bond acceptors (Lipinski definition) is 2. The van der Waals surface area contributed by atoms with Gasteiger partial charge >= 0.3 is 0 Å². The van der Waals surface area contributed by atoms with Crippen LogP contribution >= 0.6 is 23.2 Å². The van der Waals surface area contributed by atoms with E-state index >= 15 is 0 Å². The second kappa shape index (κ2) is 8.41. The highest BCUT2D eigenvalue weighted by Crippen LogP contribution is 2.28. The van der Waals surface area contributed by atoms with E-state index in [4.69, 9.17) is 23.2 Å². The number of amides is 2. The monoisotopic (exact) mass is 384 g/mol. The van der Waals surface area contributed by atoms with Crippen LogP contribution in [0.25, 0.3) is 0 Å². The predicted molar refractivity (Wildman–Crippen MR) is 102 cm³/mol. The smallest absolute Gasteiger partial charge is 0.223 e. The van der Waals surface area contributed by atoms with Crippen LogP contribution < -0.4 is 5.32 Å². The second-order valence-corrected chi connectivity index (χ2v) is 8.66. The average molecular weight is 385 g/mol. The summed E-state index contributed by atoms with van der Waals surface area (Å²) in [4.78, 5) is 26.2. The summed E-state index contributed by atoms with van der Waals surface area (Å²) in [7, 11) is 0. The molecule has 138 valence electrons. The van der Waals surface area contributed by atoms with Crippen molar-refractivity contribution in [2.75, 3.05) is 6.54 Å². The van der Waals surface area contributed by atoms with E-state index in [-0.39, 0.29) is 23.3 Å². The van der Waals surface area contributed by atoms with Gasteiger partial charge in [-0.15, -0.1) is 0 Å². The van der Waals surface area contributed by atoms with Gasteiger partial charge in [-0.2, -0.15) is 0 Å². The van der Waals surface area contributed by atoms with Crippen LogP contribution in [0.4, 0.5) is 0 Å². The average Bonchev–Trinajstić information content (AvgIpc) is 2.81. The van der Waals surface area contributed by atoms with Crippen LogP contribution in [0.15, 0.2) is 18.2 Å². The summed E-state index contributed by atoms with van der Waals surface area (Å²) in [6.45, 7) is 7.51. The molecule has 0 spiro atoms. The molecule has 4 nitrogen and oxygen atoms in total. The molecule has 1 saturated heterocycles. The van der Waals surface area contributed by atoms with Gasteiger partial charge in [-0.1, -0.05) is 50.0 Å². The minimum Gasteiger partial charge on any atom is -0.356 e. The van der Waals surface area contributed by atoms with E-state index in [0.717, 1.165) is 12.0 Å². The molecule has 1 aliphatic rings. The fourth-order valence-electron chi connectivity index (χ4n) is 2.92. The summed E-state index contributed by atoms with van der Waals surface area (Å²) in [6.07, 6.45) is 2.44. The predicted octanol–water partition coefficient (Wildman–Crippen LogP) is 4.43. The van der Waals surface area contributed by atoms with Gasteiger partial charge in [-0.25, -0.2) is 0 Å². The molecule has 1 unspecified atom stereocenters. The lowest BCUT2D eigenvalue weighted by Gasteiger charge is -2.25. The Morgan fingerprint density at radius 1 is 1.32 bits per heavy atom. The molecule has 0 radical (unpaired) electrons. The Bertz CT molecular complexity index is 641. The summed E-state index contributed by atoms with van der Waals surface area (Å²) >= 11 is 12.1. The fourth-order valence-corrected chi connectivity index (χ4v) is 3.39. The minimum absolute atomic E-state index is 0.00356. The van der Waals surface area contributed by atoms with Crippen molar-refractivity contribution in [2.24, 2.45) is 5.41 Å². The first kappa shape index (κ1) is 20.1. The summed E-state index contributed by atoms with van der Waals surface area (Å²) < 4.78 is 0. The lowest BCUT2D eigenvalue weighted by atomic mass is 9.92. The summed E-state index contributed by atoms with van der Waals surface area (Å²) in [5.74, 6) is 0.0645. The van der Waals surface area contributed by atoms with Crippen LogP contribution in [0, 0.1) is 5.41 Å². The lowest BCUT2D eigenvalue weighted by Crippen LogP contribution is -2.37. The molecule has 0 aliphatic carbocycles. The van der Waals surface area contributed by atoms with Gasteiger partial charge in [0.2, 0.25) is 11.8 Å². The lowest BCUT2D eigenvalue weighted by molar-refractivity contribution is -0.130. The molecule has 2 amide bonds. The Kier molecular flexibility index (Phi) is 6.75. The third-order valence-corrected chi connectivity index (χ3v) is 5.01. The molecule has 1 heterocycles. The number of carbonyl (C=O) groups is 2. The largest absolute Gasteiger partial charge is 0.356 e. The zero-order valence-corrected chi connectivity index (χ0v) is 16.6. The first-order valence-electron chi connectivity index (χ1n) is 8.66. The van der Waals surface area contributed by atoms with E-state index in [0.29, 0.717) is 42.4 Å². The summed E-state index contributed by atoms with van der Waals surface area (Å²) in [5.41, 5.74) is 1.04. The molecule has 0 bridgehead atoms. The Labute approximate surface area is 159 Å². The second-order valence-electron chi connectivity index (χ2n) is 7.81. The molecule has 1 aliphatic heterocycles. The molecule has 1 fully saturated rings. The third kappa shape index (κ3) is 6.19. The summed E-state index contributed by atoms with van der Waals surface area (Å²) in [6, 6.07) is 5.19. The van der Waals surface area contributed by atoms with Crippen molar-refractivity contribution >= 4 is 35.0 Å². The van der Waals surface area contributed by atoms with Crippen LogP contribution in [0.3, 0.4) is 0 Å². The number of carbonyl (C=O) groups excluding carboxylic acids is 2. The van der Waals surface area contributed by atoms with E-state index < -0.39 is 0 Å². The maximum atomic E-state index is 12.2. The van der Waals surface area contributed by atoms with E-state index in [1.807, 2.05) is 6.07 Å². The van der Waals surface area contributed by atoms with Gasteiger partial charge in [0, 0.05) is 42.0 Å². The zero-order chi connectivity index (χ0) is 18.6. The molecule has 1 aromatic carbocycles. The van der Waals surface area contributed by atoms with Crippen molar-refractivity contribution in [1.29, 1.82) is 0 Å². The van der Waals surface area contributed by atoms with E-state index in [1.165, 1.54) is 0 Å². The number of benzene rings is 1. The van der Waals surface area contributed by atoms with Gasteiger partial charge in [0.05, 0.1) is 0 Å². The molecular weight excluding hydrogens is 359 g/mol. The standard InChI is InChI=1S/C19H26Cl2N2O2/c1-19(2,3)8-9-22-17(24)11-15-6-7-18(25)23(15)12-13-4-5-14(20)10-16(13)21/h4-5,10,15H,6-9,11-12H2,1-3H3,(H,22,24). The molecule has 6 heteroatoms. The number of nitrogens with zero attached hydrogens (tertiary/aromatic N) is 1. The first-order valence-corrected chi connectivity index (χ1v) is 9.41. The molecule has 0 aromatic heterocycles. The van der Waals surface area contributed by atoms with Crippen LogP contribution in [-0.4, -0.2) is 29.3 Å². The Morgan fingerprint density at radius 3 is 2.68 bits per heavy atom. The third-order valence-electron chi connectivity index (χ3n) is 4.43. The number of halogens is 2. The normalized spacial score (nSPS) is 17.9. The van der Waals surface area contributed by atoms with Crippen LogP contribution in [0.2, 0.25) is 10.0 Å². The Morgan fingerprint density at radius 2 is 2.04 bits per heavy atom. The van der Waals surface area contributed by atoms with Crippen molar-refractivity contribution in [3.63, 3.8) is 0 Å². The Balaban J connectivity index is 1.93.